The molecule has 4 nitrogen and oxygen atoms in total. The lowest BCUT2D eigenvalue weighted by molar-refractivity contribution is 0.932. The van der Waals surface area contributed by atoms with Crippen molar-refractivity contribution in [3.8, 4) is 0 Å². The maximum absolute atomic E-state index is 5.84. The lowest BCUT2D eigenvalue weighted by atomic mass is 10.4. The first-order valence-electron chi connectivity index (χ1n) is 4.53. The number of pyridine rings is 1. The van der Waals surface area contributed by atoms with Gasteiger partial charge in [-0.25, -0.2) is 9.97 Å². The standard InChI is InChI=1S/C10H9BrN4S/c1-6-2-3-14-10(15-6)16-9-7(11)4-13-5-8(9)12/h2-5H,12H2,1H3. The summed E-state index contributed by atoms with van der Waals surface area (Å²) in [5.41, 5.74) is 7.39. The van der Waals surface area contributed by atoms with Crippen LogP contribution in [-0.4, -0.2) is 15.0 Å². The number of hydrogen-bond acceptors (Lipinski definition) is 5. The Morgan fingerprint density at radius 3 is 2.88 bits per heavy atom. The Kier molecular flexibility index (Phi) is 3.40. The molecule has 0 radical (unpaired) electrons. The summed E-state index contributed by atoms with van der Waals surface area (Å²) in [5.74, 6) is 0. The molecule has 2 aromatic rings. The van der Waals surface area contributed by atoms with Gasteiger partial charge >= 0.3 is 0 Å². The molecule has 82 valence electrons. The monoisotopic (exact) mass is 296 g/mol. The minimum atomic E-state index is 0.615. The van der Waals surface area contributed by atoms with E-state index in [9.17, 15) is 0 Å². The number of rotatable bonds is 2. The average molecular weight is 297 g/mol. The van der Waals surface area contributed by atoms with E-state index in [1.165, 1.54) is 11.8 Å². The zero-order valence-corrected chi connectivity index (χ0v) is 10.9. The molecular weight excluding hydrogens is 288 g/mol. The Labute approximate surface area is 106 Å². The molecular formula is C10H9BrN4S. The van der Waals surface area contributed by atoms with Crippen LogP contribution in [0.4, 0.5) is 5.69 Å². The second-order valence-electron chi connectivity index (χ2n) is 3.12. The maximum Gasteiger partial charge on any atom is 0.192 e. The van der Waals surface area contributed by atoms with Crippen LogP contribution in [0.2, 0.25) is 0 Å². The molecule has 0 atom stereocenters. The topological polar surface area (TPSA) is 64.7 Å². The smallest absolute Gasteiger partial charge is 0.192 e. The van der Waals surface area contributed by atoms with Crippen molar-refractivity contribution >= 4 is 33.4 Å². The predicted molar refractivity (Wildman–Crippen MR) is 67.2 cm³/mol. The van der Waals surface area contributed by atoms with Gasteiger partial charge in [0.2, 0.25) is 0 Å². The van der Waals surface area contributed by atoms with Gasteiger partial charge < -0.3 is 5.73 Å². The molecule has 0 spiro atoms. The summed E-state index contributed by atoms with van der Waals surface area (Å²) in [7, 11) is 0. The van der Waals surface area contributed by atoms with Crippen LogP contribution >= 0.6 is 27.7 Å². The highest BCUT2D eigenvalue weighted by atomic mass is 79.9. The van der Waals surface area contributed by atoms with Crippen molar-refractivity contribution in [2.24, 2.45) is 0 Å². The van der Waals surface area contributed by atoms with E-state index in [4.69, 9.17) is 5.73 Å². The summed E-state index contributed by atoms with van der Waals surface area (Å²) in [6, 6.07) is 1.86. The van der Waals surface area contributed by atoms with E-state index in [1.54, 1.807) is 18.6 Å². The number of nitrogens with zero attached hydrogens (tertiary/aromatic N) is 3. The molecule has 0 saturated carbocycles. The van der Waals surface area contributed by atoms with Crippen molar-refractivity contribution in [3.63, 3.8) is 0 Å². The van der Waals surface area contributed by atoms with Crippen molar-refractivity contribution in [1.82, 2.24) is 15.0 Å². The third kappa shape index (κ3) is 2.51. The summed E-state index contributed by atoms with van der Waals surface area (Å²) >= 11 is 4.83. The molecule has 0 aliphatic rings. The van der Waals surface area contributed by atoms with Crippen molar-refractivity contribution in [2.75, 3.05) is 5.73 Å². The summed E-state index contributed by atoms with van der Waals surface area (Å²) in [5, 5.41) is 0.679. The van der Waals surface area contributed by atoms with Gasteiger partial charge in [-0.3, -0.25) is 4.98 Å². The highest BCUT2D eigenvalue weighted by Gasteiger charge is 2.08. The highest BCUT2D eigenvalue weighted by Crippen LogP contribution is 2.35. The molecule has 0 unspecified atom stereocenters. The number of hydrogen-bond donors (Lipinski definition) is 1. The molecule has 2 rings (SSSR count). The molecule has 2 N–H and O–H groups in total. The summed E-state index contributed by atoms with van der Waals surface area (Å²) in [6.45, 7) is 1.93. The van der Waals surface area contributed by atoms with Crippen LogP contribution in [0.1, 0.15) is 5.69 Å². The molecule has 0 amide bonds. The molecule has 0 saturated heterocycles. The zero-order valence-electron chi connectivity index (χ0n) is 8.51. The van der Waals surface area contributed by atoms with Crippen LogP contribution < -0.4 is 5.73 Å². The van der Waals surface area contributed by atoms with Crippen LogP contribution in [0.15, 0.2) is 39.2 Å². The van der Waals surface area contributed by atoms with Crippen LogP contribution in [0, 0.1) is 6.92 Å². The molecule has 0 fully saturated rings. The van der Waals surface area contributed by atoms with Gasteiger partial charge in [0.05, 0.1) is 21.3 Å². The van der Waals surface area contributed by atoms with Crippen LogP contribution in [0.3, 0.4) is 0 Å². The molecule has 0 aromatic carbocycles. The number of halogens is 1. The Balaban J connectivity index is 2.34. The largest absolute Gasteiger partial charge is 0.397 e. The summed E-state index contributed by atoms with van der Waals surface area (Å²) in [4.78, 5) is 13.3. The molecule has 0 bridgehead atoms. The van der Waals surface area contributed by atoms with Gasteiger partial charge in [0.15, 0.2) is 5.16 Å². The molecule has 6 heteroatoms. The maximum atomic E-state index is 5.84. The van der Waals surface area contributed by atoms with Crippen molar-refractivity contribution < 1.29 is 0 Å². The van der Waals surface area contributed by atoms with Crippen LogP contribution in [-0.2, 0) is 0 Å². The van der Waals surface area contributed by atoms with E-state index in [0.29, 0.717) is 10.8 Å². The third-order valence-electron chi connectivity index (χ3n) is 1.85. The number of nitrogens with two attached hydrogens (primary N) is 1. The fourth-order valence-electron chi connectivity index (χ4n) is 1.11. The Hall–Kier alpha value is -1.14. The Morgan fingerprint density at radius 2 is 2.19 bits per heavy atom. The highest BCUT2D eigenvalue weighted by molar-refractivity contribution is 9.10. The lowest BCUT2D eigenvalue weighted by Gasteiger charge is -2.05. The number of aromatic nitrogens is 3. The van der Waals surface area contributed by atoms with Crippen LogP contribution in [0.25, 0.3) is 0 Å². The minimum Gasteiger partial charge on any atom is -0.397 e. The second kappa shape index (κ2) is 4.80. The summed E-state index contributed by atoms with van der Waals surface area (Å²) < 4.78 is 0.850. The van der Waals surface area contributed by atoms with Crippen molar-refractivity contribution in [1.29, 1.82) is 0 Å². The first-order valence-corrected chi connectivity index (χ1v) is 6.14. The molecule has 2 aromatic heterocycles. The van der Waals surface area contributed by atoms with Gasteiger partial charge in [-0.2, -0.15) is 0 Å². The van der Waals surface area contributed by atoms with Gasteiger partial charge in [-0.15, -0.1) is 0 Å². The van der Waals surface area contributed by atoms with Crippen molar-refractivity contribution in [2.45, 2.75) is 17.0 Å². The molecule has 16 heavy (non-hydrogen) atoms. The van der Waals surface area contributed by atoms with E-state index < -0.39 is 0 Å². The van der Waals surface area contributed by atoms with Gasteiger partial charge in [-0.05, 0) is 40.7 Å². The first kappa shape index (κ1) is 11.3. The first-order chi connectivity index (χ1) is 7.66. The Morgan fingerprint density at radius 1 is 1.38 bits per heavy atom. The van der Waals surface area contributed by atoms with Gasteiger partial charge in [0.25, 0.3) is 0 Å². The van der Waals surface area contributed by atoms with Crippen molar-refractivity contribution in [3.05, 3.63) is 34.8 Å². The quantitative estimate of drug-likeness (QED) is 0.863. The molecule has 0 aliphatic heterocycles. The van der Waals surface area contributed by atoms with Gasteiger partial charge in [-0.1, -0.05) is 0 Å². The predicted octanol–water partition coefficient (Wildman–Crippen LogP) is 2.68. The van der Waals surface area contributed by atoms with Gasteiger partial charge in [0.1, 0.15) is 0 Å². The van der Waals surface area contributed by atoms with Gasteiger partial charge in [0, 0.05) is 18.1 Å². The fourth-order valence-corrected chi connectivity index (χ4v) is 2.51. The van der Waals surface area contributed by atoms with E-state index in [1.807, 2.05) is 13.0 Å². The lowest BCUT2D eigenvalue weighted by Crippen LogP contribution is -1.93. The Bertz CT molecular complexity index is 498. The van der Waals surface area contributed by atoms with E-state index in [-0.39, 0.29) is 0 Å². The fraction of sp³-hybridized carbons (Fsp3) is 0.100. The second-order valence-corrected chi connectivity index (χ2v) is 4.95. The van der Waals surface area contributed by atoms with E-state index in [0.717, 1.165) is 15.1 Å². The summed E-state index contributed by atoms with van der Waals surface area (Å²) in [6.07, 6.45) is 5.05. The molecule has 2 heterocycles. The average Bonchev–Trinajstić information content (AvgIpc) is 2.24. The van der Waals surface area contributed by atoms with E-state index in [2.05, 4.69) is 30.9 Å². The normalized spacial score (nSPS) is 10.4. The minimum absolute atomic E-state index is 0.615. The number of aryl methyl sites for hydroxylation is 1. The third-order valence-corrected chi connectivity index (χ3v) is 3.75. The number of anilines is 1. The number of nitrogen functional groups attached to an aromatic ring is 1. The SMILES string of the molecule is Cc1ccnc(Sc2c(N)cncc2Br)n1. The zero-order chi connectivity index (χ0) is 11.5. The van der Waals surface area contributed by atoms with Crippen LogP contribution in [0.5, 0.6) is 0 Å². The molecule has 0 aliphatic carbocycles. The van der Waals surface area contributed by atoms with E-state index >= 15 is 0 Å².